The van der Waals surface area contributed by atoms with Gasteiger partial charge in [-0.15, -0.1) is 0 Å². The number of pyridine rings is 2. The van der Waals surface area contributed by atoms with Gasteiger partial charge >= 0.3 is 0 Å². The Kier molecular flexibility index (Phi) is 4.06. The first-order valence-corrected chi connectivity index (χ1v) is 5.86. The largest absolute Gasteiger partial charge is 0.473 e. The molecule has 2 rings (SSSR count). The average Bonchev–Trinajstić information content (AvgIpc) is 2.39. The number of nitrogens with zero attached hydrogens (tertiary/aromatic N) is 2. The quantitative estimate of drug-likeness (QED) is 0.940. The molecule has 2 aromatic heterocycles. The van der Waals surface area contributed by atoms with Gasteiger partial charge < -0.3 is 9.84 Å². The molecule has 17 heavy (non-hydrogen) atoms. The lowest BCUT2D eigenvalue weighted by Crippen LogP contribution is -1.98. The zero-order chi connectivity index (χ0) is 12.1. The highest BCUT2D eigenvalue weighted by molar-refractivity contribution is 9.10. The third-order valence-corrected chi connectivity index (χ3v) is 2.60. The lowest BCUT2D eigenvalue weighted by Gasteiger charge is -2.05. The van der Waals surface area contributed by atoms with Crippen molar-refractivity contribution in [2.75, 3.05) is 0 Å². The summed E-state index contributed by atoms with van der Waals surface area (Å²) >= 11 is 3.31. The number of hydrogen-bond acceptors (Lipinski definition) is 4. The minimum atomic E-state index is -0.0462. The zero-order valence-corrected chi connectivity index (χ0v) is 10.6. The Morgan fingerprint density at radius 3 is 2.59 bits per heavy atom. The monoisotopic (exact) mass is 294 g/mol. The fourth-order valence-corrected chi connectivity index (χ4v) is 1.47. The van der Waals surface area contributed by atoms with Crippen LogP contribution in [0.2, 0.25) is 0 Å². The van der Waals surface area contributed by atoms with Gasteiger partial charge in [0.25, 0.3) is 0 Å². The van der Waals surface area contributed by atoms with Crippen molar-refractivity contribution < 1.29 is 9.84 Å². The Balaban J connectivity index is 1.95. The third kappa shape index (κ3) is 3.51. The van der Waals surface area contributed by atoms with Crippen molar-refractivity contribution >= 4 is 15.9 Å². The van der Waals surface area contributed by atoms with Crippen LogP contribution in [-0.2, 0) is 13.2 Å². The van der Waals surface area contributed by atoms with Crippen LogP contribution in [0.4, 0.5) is 0 Å². The van der Waals surface area contributed by atoms with Crippen LogP contribution in [0.3, 0.4) is 0 Å². The Hall–Kier alpha value is -1.46. The van der Waals surface area contributed by atoms with E-state index in [2.05, 4.69) is 25.9 Å². The number of aliphatic hydroxyl groups excluding tert-OH is 1. The van der Waals surface area contributed by atoms with Gasteiger partial charge in [-0.3, -0.25) is 4.98 Å². The summed E-state index contributed by atoms with van der Waals surface area (Å²) in [5, 5.41) is 8.85. The highest BCUT2D eigenvalue weighted by Gasteiger charge is 1.98. The average molecular weight is 295 g/mol. The molecule has 0 aliphatic carbocycles. The molecule has 88 valence electrons. The molecule has 2 heterocycles. The summed E-state index contributed by atoms with van der Waals surface area (Å²) in [5.74, 6) is 0.569. The van der Waals surface area contributed by atoms with Crippen LogP contribution < -0.4 is 4.74 Å². The first-order chi connectivity index (χ1) is 8.28. The summed E-state index contributed by atoms with van der Waals surface area (Å²) in [6, 6.07) is 7.31. The second-order valence-corrected chi connectivity index (χ2v) is 4.33. The fraction of sp³-hybridized carbons (Fsp3) is 0.167. The summed E-state index contributed by atoms with van der Waals surface area (Å²) in [5.41, 5.74) is 1.59. The maximum absolute atomic E-state index is 8.85. The molecule has 0 saturated carbocycles. The van der Waals surface area contributed by atoms with E-state index < -0.39 is 0 Å². The lowest BCUT2D eigenvalue weighted by molar-refractivity contribution is 0.275. The van der Waals surface area contributed by atoms with Crippen molar-refractivity contribution in [2.24, 2.45) is 0 Å². The summed E-state index contributed by atoms with van der Waals surface area (Å²) < 4.78 is 6.40. The maximum Gasteiger partial charge on any atom is 0.213 e. The van der Waals surface area contributed by atoms with Crippen molar-refractivity contribution in [1.29, 1.82) is 0 Å². The topological polar surface area (TPSA) is 55.2 Å². The molecular formula is C12H11BrN2O2. The molecule has 0 aliphatic heterocycles. The van der Waals surface area contributed by atoms with Gasteiger partial charge in [-0.1, -0.05) is 6.07 Å². The summed E-state index contributed by atoms with van der Waals surface area (Å²) in [6.07, 6.45) is 3.37. The van der Waals surface area contributed by atoms with Gasteiger partial charge in [0.2, 0.25) is 5.88 Å². The van der Waals surface area contributed by atoms with E-state index in [0.29, 0.717) is 18.2 Å². The normalized spacial score (nSPS) is 10.2. The predicted molar refractivity (Wildman–Crippen MR) is 66.4 cm³/mol. The minimum Gasteiger partial charge on any atom is -0.473 e. The fourth-order valence-electron chi connectivity index (χ4n) is 1.24. The van der Waals surface area contributed by atoms with Crippen LogP contribution in [-0.4, -0.2) is 15.1 Å². The maximum atomic E-state index is 8.85. The van der Waals surface area contributed by atoms with E-state index in [0.717, 1.165) is 10.0 Å². The lowest BCUT2D eigenvalue weighted by atomic mass is 10.2. The smallest absolute Gasteiger partial charge is 0.213 e. The van der Waals surface area contributed by atoms with Crippen molar-refractivity contribution in [2.45, 2.75) is 13.2 Å². The van der Waals surface area contributed by atoms with Crippen molar-refractivity contribution in [3.8, 4) is 5.88 Å². The molecule has 5 heteroatoms. The van der Waals surface area contributed by atoms with Crippen LogP contribution >= 0.6 is 15.9 Å². The molecule has 0 bridgehead atoms. The van der Waals surface area contributed by atoms with Crippen molar-refractivity contribution in [3.05, 3.63) is 52.4 Å². The molecule has 0 unspecified atom stereocenters. The molecule has 4 nitrogen and oxygen atoms in total. The summed E-state index contributed by atoms with van der Waals surface area (Å²) in [4.78, 5) is 8.16. The van der Waals surface area contributed by atoms with Gasteiger partial charge in [0, 0.05) is 28.5 Å². The number of rotatable bonds is 4. The van der Waals surface area contributed by atoms with E-state index >= 15 is 0 Å². The summed E-state index contributed by atoms with van der Waals surface area (Å²) in [6.45, 7) is 0.364. The Morgan fingerprint density at radius 1 is 1.12 bits per heavy atom. The summed E-state index contributed by atoms with van der Waals surface area (Å²) in [7, 11) is 0. The Bertz CT molecular complexity index is 471. The molecular weight excluding hydrogens is 284 g/mol. The minimum absolute atomic E-state index is 0.0462. The number of hydrogen-bond donors (Lipinski definition) is 1. The zero-order valence-electron chi connectivity index (χ0n) is 9.01. The highest BCUT2D eigenvalue weighted by Crippen LogP contribution is 2.13. The van der Waals surface area contributed by atoms with E-state index in [9.17, 15) is 0 Å². The molecule has 0 amide bonds. The van der Waals surface area contributed by atoms with Crippen LogP contribution in [0.5, 0.6) is 5.88 Å². The van der Waals surface area contributed by atoms with E-state index in [1.807, 2.05) is 12.1 Å². The van der Waals surface area contributed by atoms with Gasteiger partial charge in [-0.05, 0) is 28.1 Å². The number of aliphatic hydroxyl groups is 1. The first-order valence-electron chi connectivity index (χ1n) is 5.07. The molecule has 0 fully saturated rings. The van der Waals surface area contributed by atoms with Crippen LogP contribution in [0.1, 0.15) is 11.3 Å². The number of halogens is 1. The predicted octanol–water partition coefficient (Wildman–Crippen LogP) is 2.31. The van der Waals surface area contributed by atoms with Crippen LogP contribution in [0, 0.1) is 0 Å². The van der Waals surface area contributed by atoms with E-state index in [4.69, 9.17) is 9.84 Å². The van der Waals surface area contributed by atoms with Crippen LogP contribution in [0.15, 0.2) is 41.1 Å². The SMILES string of the molecule is OCc1ccc(COc2ccc(Br)cn2)cn1. The molecule has 1 N–H and O–H groups in total. The van der Waals surface area contributed by atoms with E-state index in [1.165, 1.54) is 0 Å². The highest BCUT2D eigenvalue weighted by atomic mass is 79.9. The van der Waals surface area contributed by atoms with Crippen molar-refractivity contribution in [1.82, 2.24) is 9.97 Å². The van der Waals surface area contributed by atoms with E-state index in [-0.39, 0.29) is 6.61 Å². The van der Waals surface area contributed by atoms with Gasteiger partial charge in [0.05, 0.1) is 12.3 Å². The van der Waals surface area contributed by atoms with E-state index in [1.54, 1.807) is 24.5 Å². The van der Waals surface area contributed by atoms with Gasteiger partial charge in [0.15, 0.2) is 0 Å². The van der Waals surface area contributed by atoms with Crippen LogP contribution in [0.25, 0.3) is 0 Å². The van der Waals surface area contributed by atoms with Gasteiger partial charge in [-0.2, -0.15) is 0 Å². The Labute approximate surface area is 107 Å². The second-order valence-electron chi connectivity index (χ2n) is 3.42. The van der Waals surface area contributed by atoms with Crippen molar-refractivity contribution in [3.63, 3.8) is 0 Å². The molecule has 0 aromatic carbocycles. The molecule has 0 aliphatic rings. The number of aromatic nitrogens is 2. The first kappa shape index (κ1) is 12.0. The second kappa shape index (κ2) is 5.75. The molecule has 2 aromatic rings. The number of ether oxygens (including phenoxy) is 1. The third-order valence-electron chi connectivity index (χ3n) is 2.13. The van der Waals surface area contributed by atoms with Gasteiger partial charge in [0.1, 0.15) is 6.61 Å². The molecule has 0 radical (unpaired) electrons. The molecule has 0 saturated heterocycles. The standard InChI is InChI=1S/C12H11BrN2O2/c13-10-2-4-12(15-6-10)17-8-9-1-3-11(7-16)14-5-9/h1-6,16H,7-8H2. The molecule has 0 spiro atoms. The Morgan fingerprint density at radius 2 is 2.00 bits per heavy atom. The molecule has 0 atom stereocenters. The van der Waals surface area contributed by atoms with Gasteiger partial charge in [-0.25, -0.2) is 4.98 Å².